The van der Waals surface area contributed by atoms with Crippen molar-refractivity contribution in [2.75, 3.05) is 44.6 Å². The maximum atomic E-state index is 12.5. The van der Waals surface area contributed by atoms with Crippen LogP contribution in [0.2, 0.25) is 0 Å². The molecule has 0 aromatic heterocycles. The summed E-state index contributed by atoms with van der Waals surface area (Å²) in [6.07, 6.45) is 9.65. The van der Waals surface area contributed by atoms with E-state index >= 15 is 0 Å². The number of carbonyl (C=O) groups is 1. The van der Waals surface area contributed by atoms with Crippen molar-refractivity contribution in [2.45, 2.75) is 64.0 Å². The molecule has 188 valence electrons. The monoisotopic (exact) mass is 476 g/mol. The molecule has 0 radical (unpaired) electrons. The predicted molar refractivity (Wildman–Crippen MR) is 141 cm³/mol. The highest BCUT2D eigenvalue weighted by atomic mass is 16.5. The van der Waals surface area contributed by atoms with Crippen LogP contribution in [0.15, 0.2) is 42.5 Å². The van der Waals surface area contributed by atoms with E-state index in [1.807, 2.05) is 6.07 Å². The molecule has 3 aliphatic rings. The van der Waals surface area contributed by atoms with Crippen LogP contribution in [0.25, 0.3) is 0 Å². The van der Waals surface area contributed by atoms with Gasteiger partial charge in [0.2, 0.25) is 0 Å². The first kappa shape index (κ1) is 24.1. The Morgan fingerprint density at radius 3 is 2.60 bits per heavy atom. The lowest BCUT2D eigenvalue weighted by molar-refractivity contribution is 0.205. The van der Waals surface area contributed by atoms with Crippen molar-refractivity contribution in [3.05, 3.63) is 59.2 Å². The maximum Gasteiger partial charge on any atom is 0.319 e. The fourth-order valence-electron chi connectivity index (χ4n) is 5.71. The molecule has 2 heterocycles. The van der Waals surface area contributed by atoms with Gasteiger partial charge in [0.05, 0.1) is 6.61 Å². The number of fused-ring (bicyclic) bond motifs is 1. The number of piperidine rings is 1. The Labute approximate surface area is 210 Å². The van der Waals surface area contributed by atoms with Crippen LogP contribution < -0.4 is 15.4 Å². The molecular formula is C29H40N4O2. The zero-order valence-electron chi connectivity index (χ0n) is 20.9. The lowest BCUT2D eigenvalue weighted by atomic mass is 10.1. The number of hydrogen-bond donors (Lipinski definition) is 2. The third kappa shape index (κ3) is 6.98. The molecule has 0 bridgehead atoms. The molecule has 2 aromatic rings. The van der Waals surface area contributed by atoms with Crippen molar-refractivity contribution in [1.82, 2.24) is 15.1 Å². The second-order valence-electron chi connectivity index (χ2n) is 10.4. The number of likely N-dealkylation sites (tertiary alicyclic amines) is 2. The molecule has 0 unspecified atom stereocenters. The van der Waals surface area contributed by atoms with Crippen molar-refractivity contribution in [3.63, 3.8) is 0 Å². The van der Waals surface area contributed by atoms with Gasteiger partial charge in [-0.15, -0.1) is 0 Å². The second kappa shape index (κ2) is 11.9. The summed E-state index contributed by atoms with van der Waals surface area (Å²) in [6, 6.07) is 14.9. The smallest absolute Gasteiger partial charge is 0.319 e. The normalized spacial score (nSPS) is 20.5. The number of anilines is 1. The van der Waals surface area contributed by atoms with Crippen molar-refractivity contribution >= 4 is 11.7 Å². The standard InChI is InChI=1S/C29H40N4O2/c34-29(30-26-11-10-24-6-4-7-25(24)20-26)31-27-14-18-33(22-27)21-23-8-12-28(13-9-23)35-19-5-17-32-15-2-1-3-16-32/h8-13,20,27H,1-7,14-19,21-22H2,(H2,30,31,34)/t27-/m0/s1. The van der Waals surface area contributed by atoms with Crippen LogP contribution >= 0.6 is 0 Å². The van der Waals surface area contributed by atoms with E-state index in [1.54, 1.807) is 0 Å². The molecule has 5 rings (SSSR count). The summed E-state index contributed by atoms with van der Waals surface area (Å²) in [5.74, 6) is 0.955. The molecule has 0 saturated carbocycles. The van der Waals surface area contributed by atoms with Gasteiger partial charge in [0.1, 0.15) is 5.75 Å². The third-order valence-electron chi connectivity index (χ3n) is 7.63. The van der Waals surface area contributed by atoms with E-state index in [2.05, 4.69) is 56.8 Å². The average Bonchev–Trinajstić information content (AvgIpc) is 3.52. The minimum absolute atomic E-state index is 0.100. The van der Waals surface area contributed by atoms with Crippen LogP contribution in [0.3, 0.4) is 0 Å². The number of urea groups is 1. The molecule has 35 heavy (non-hydrogen) atoms. The van der Waals surface area contributed by atoms with Gasteiger partial charge < -0.3 is 20.3 Å². The highest BCUT2D eigenvalue weighted by molar-refractivity contribution is 5.89. The van der Waals surface area contributed by atoms with E-state index in [4.69, 9.17) is 4.74 Å². The van der Waals surface area contributed by atoms with E-state index in [1.165, 1.54) is 55.5 Å². The maximum absolute atomic E-state index is 12.5. The van der Waals surface area contributed by atoms with Gasteiger partial charge in [-0.1, -0.05) is 24.6 Å². The Kier molecular flexibility index (Phi) is 8.22. The number of amides is 2. The molecule has 6 heteroatoms. The molecule has 2 N–H and O–H groups in total. The second-order valence-corrected chi connectivity index (χ2v) is 10.4. The molecule has 6 nitrogen and oxygen atoms in total. The highest BCUT2D eigenvalue weighted by Crippen LogP contribution is 2.25. The fourth-order valence-corrected chi connectivity index (χ4v) is 5.71. The van der Waals surface area contributed by atoms with Crippen LogP contribution in [0.1, 0.15) is 55.2 Å². The van der Waals surface area contributed by atoms with Crippen molar-refractivity contribution < 1.29 is 9.53 Å². The van der Waals surface area contributed by atoms with Crippen molar-refractivity contribution in [3.8, 4) is 5.75 Å². The number of hydrogen-bond acceptors (Lipinski definition) is 4. The van der Waals surface area contributed by atoms with Gasteiger partial charge in [0, 0.05) is 37.9 Å². The number of benzene rings is 2. The van der Waals surface area contributed by atoms with Crippen molar-refractivity contribution in [1.29, 1.82) is 0 Å². The first-order chi connectivity index (χ1) is 17.2. The Hall–Kier alpha value is -2.57. The van der Waals surface area contributed by atoms with Gasteiger partial charge in [-0.25, -0.2) is 4.79 Å². The fraction of sp³-hybridized carbons (Fsp3) is 0.552. The molecule has 2 amide bonds. The van der Waals surface area contributed by atoms with E-state index < -0.39 is 0 Å². The van der Waals surface area contributed by atoms with Gasteiger partial charge in [-0.05, 0) is 99.0 Å². The molecule has 1 atom stereocenters. The first-order valence-corrected chi connectivity index (χ1v) is 13.6. The van der Waals surface area contributed by atoms with Crippen LogP contribution in [0, 0.1) is 0 Å². The van der Waals surface area contributed by atoms with E-state index in [-0.39, 0.29) is 12.1 Å². The third-order valence-corrected chi connectivity index (χ3v) is 7.63. The minimum Gasteiger partial charge on any atom is -0.494 e. The zero-order chi connectivity index (χ0) is 23.9. The Bertz CT molecular complexity index is 971. The Morgan fingerprint density at radius 1 is 0.914 bits per heavy atom. The summed E-state index contributed by atoms with van der Waals surface area (Å²) >= 11 is 0. The summed E-state index contributed by atoms with van der Waals surface area (Å²) in [4.78, 5) is 17.5. The number of carbonyl (C=O) groups excluding carboxylic acids is 1. The summed E-state index contributed by atoms with van der Waals surface area (Å²) in [5, 5.41) is 6.18. The number of aryl methyl sites for hydroxylation is 2. The quantitative estimate of drug-likeness (QED) is 0.509. The summed E-state index contributed by atoms with van der Waals surface area (Å²) < 4.78 is 5.96. The highest BCUT2D eigenvalue weighted by Gasteiger charge is 2.24. The largest absolute Gasteiger partial charge is 0.494 e. The van der Waals surface area contributed by atoms with Crippen LogP contribution in [0.5, 0.6) is 5.75 Å². The van der Waals surface area contributed by atoms with Crippen molar-refractivity contribution in [2.24, 2.45) is 0 Å². The molecular weight excluding hydrogens is 436 g/mol. The molecule has 2 aromatic carbocycles. The molecule has 0 spiro atoms. The van der Waals surface area contributed by atoms with Crippen LogP contribution in [0.4, 0.5) is 10.5 Å². The first-order valence-electron chi connectivity index (χ1n) is 13.6. The van der Waals surface area contributed by atoms with E-state index in [9.17, 15) is 4.79 Å². The summed E-state index contributed by atoms with van der Waals surface area (Å²) in [7, 11) is 0. The number of nitrogens with zero attached hydrogens (tertiary/aromatic N) is 2. The number of ether oxygens (including phenoxy) is 1. The molecule has 2 aliphatic heterocycles. The van der Waals surface area contributed by atoms with Gasteiger partial charge >= 0.3 is 6.03 Å². The van der Waals surface area contributed by atoms with Crippen LogP contribution in [-0.2, 0) is 19.4 Å². The van der Waals surface area contributed by atoms with E-state index in [0.717, 1.165) is 69.9 Å². The molecule has 2 saturated heterocycles. The lowest BCUT2D eigenvalue weighted by Gasteiger charge is -2.26. The van der Waals surface area contributed by atoms with Gasteiger partial charge in [-0.2, -0.15) is 0 Å². The molecule has 1 aliphatic carbocycles. The minimum atomic E-state index is -0.100. The summed E-state index contributed by atoms with van der Waals surface area (Å²) in [6.45, 7) is 7.21. The summed E-state index contributed by atoms with van der Waals surface area (Å²) in [5.41, 5.74) is 4.99. The van der Waals surface area contributed by atoms with E-state index in [0.29, 0.717) is 0 Å². The average molecular weight is 477 g/mol. The number of nitrogens with one attached hydrogen (secondary N) is 2. The van der Waals surface area contributed by atoms with Gasteiger partial charge in [0.15, 0.2) is 0 Å². The van der Waals surface area contributed by atoms with Crippen LogP contribution in [-0.4, -0.2) is 61.2 Å². The number of rotatable bonds is 9. The molecule has 2 fully saturated rings. The topological polar surface area (TPSA) is 56.8 Å². The predicted octanol–water partition coefficient (Wildman–Crippen LogP) is 4.83. The zero-order valence-corrected chi connectivity index (χ0v) is 20.9. The Balaban J connectivity index is 0.997. The Morgan fingerprint density at radius 2 is 1.74 bits per heavy atom. The van der Waals surface area contributed by atoms with Gasteiger partial charge in [0.25, 0.3) is 0 Å². The lowest BCUT2D eigenvalue weighted by Crippen LogP contribution is -2.39. The SMILES string of the molecule is O=C(Nc1ccc2c(c1)CCC2)N[C@H]1CCN(Cc2ccc(OCCCN3CCCCC3)cc2)C1. The van der Waals surface area contributed by atoms with Gasteiger partial charge in [-0.3, -0.25) is 4.90 Å².